The predicted octanol–water partition coefficient (Wildman–Crippen LogP) is 24.3. The highest BCUT2D eigenvalue weighted by molar-refractivity contribution is 7.47. The molecule has 2 unspecified atom stereocenters. The largest absolute Gasteiger partial charge is 0.472 e. The van der Waals surface area contributed by atoms with E-state index < -0.39 is 97.5 Å². The lowest BCUT2D eigenvalue weighted by atomic mass is 10.0. The van der Waals surface area contributed by atoms with Gasteiger partial charge in [-0.3, -0.25) is 37.3 Å². The van der Waals surface area contributed by atoms with E-state index in [0.717, 1.165) is 102 Å². The third-order valence-corrected chi connectivity index (χ3v) is 20.9. The maximum absolute atomic E-state index is 13.1. The summed E-state index contributed by atoms with van der Waals surface area (Å²) in [5, 5.41) is 10.6. The fourth-order valence-electron chi connectivity index (χ4n) is 12.5. The monoisotopic (exact) mass is 1470 g/mol. The molecule has 0 saturated heterocycles. The lowest BCUT2D eigenvalue weighted by Crippen LogP contribution is -2.30. The Morgan fingerprint density at radius 1 is 0.270 bits per heavy atom. The first kappa shape index (κ1) is 98.1. The van der Waals surface area contributed by atoms with E-state index in [1.165, 1.54) is 244 Å². The van der Waals surface area contributed by atoms with E-state index in [0.29, 0.717) is 25.7 Å². The number of esters is 4. The van der Waals surface area contributed by atoms with Crippen molar-refractivity contribution < 1.29 is 80.2 Å². The molecule has 0 radical (unpaired) electrons. The summed E-state index contributed by atoms with van der Waals surface area (Å²) >= 11 is 0. The summed E-state index contributed by atoms with van der Waals surface area (Å²) in [6.07, 6.45) is 62.4. The van der Waals surface area contributed by atoms with Gasteiger partial charge in [-0.1, -0.05) is 375 Å². The number of phosphoric acid groups is 2. The molecule has 100 heavy (non-hydrogen) atoms. The minimum Gasteiger partial charge on any atom is -0.462 e. The smallest absolute Gasteiger partial charge is 0.462 e. The summed E-state index contributed by atoms with van der Waals surface area (Å²) < 4.78 is 68.7. The molecule has 0 heterocycles. The van der Waals surface area contributed by atoms with E-state index >= 15 is 0 Å². The van der Waals surface area contributed by atoms with Gasteiger partial charge in [-0.15, -0.1) is 0 Å². The fourth-order valence-corrected chi connectivity index (χ4v) is 14.1. The number of hydrogen-bond acceptors (Lipinski definition) is 15. The van der Waals surface area contributed by atoms with Crippen molar-refractivity contribution in [1.82, 2.24) is 0 Å². The highest BCUT2D eigenvalue weighted by Crippen LogP contribution is 2.45. The van der Waals surface area contributed by atoms with Crippen LogP contribution in [0.3, 0.4) is 0 Å². The second-order valence-electron chi connectivity index (χ2n) is 30.1. The number of aliphatic hydroxyl groups is 1. The number of phosphoric ester groups is 2. The average Bonchev–Trinajstić information content (AvgIpc) is 1.11. The quantitative estimate of drug-likeness (QED) is 0.0222. The second-order valence-corrected chi connectivity index (χ2v) is 33.0. The van der Waals surface area contributed by atoms with E-state index in [2.05, 4.69) is 41.5 Å². The number of ether oxygens (including phenoxy) is 4. The van der Waals surface area contributed by atoms with Crippen LogP contribution in [0.25, 0.3) is 0 Å². The van der Waals surface area contributed by atoms with Crippen LogP contribution in [0.5, 0.6) is 0 Å². The first-order valence-electron chi connectivity index (χ1n) is 42.0. The van der Waals surface area contributed by atoms with Gasteiger partial charge in [0.1, 0.15) is 19.3 Å². The Morgan fingerprint density at radius 3 is 0.680 bits per heavy atom. The lowest BCUT2D eigenvalue weighted by molar-refractivity contribution is -0.161. The summed E-state index contributed by atoms with van der Waals surface area (Å²) in [5.74, 6) is -0.563. The molecule has 0 fully saturated rings. The molecule has 0 bridgehead atoms. The van der Waals surface area contributed by atoms with Crippen LogP contribution in [0.15, 0.2) is 0 Å². The molecule has 0 aromatic rings. The zero-order valence-electron chi connectivity index (χ0n) is 65.5. The Kier molecular flexibility index (Phi) is 71.2. The van der Waals surface area contributed by atoms with Crippen LogP contribution in [0.2, 0.25) is 0 Å². The first-order valence-corrected chi connectivity index (χ1v) is 45.0. The molecule has 17 nitrogen and oxygen atoms in total. The molecule has 19 heteroatoms. The van der Waals surface area contributed by atoms with E-state index in [4.69, 9.17) is 37.0 Å². The normalized spacial score (nSPS) is 13.9. The van der Waals surface area contributed by atoms with Crippen LogP contribution in [0, 0.1) is 11.8 Å². The lowest BCUT2D eigenvalue weighted by Gasteiger charge is -2.21. The van der Waals surface area contributed by atoms with Gasteiger partial charge >= 0.3 is 39.5 Å². The standard InChI is InChI=1S/C81H158O17P2/c1-7-9-11-13-15-17-19-20-21-22-23-27-30-34-40-46-52-58-64-79(84)92-69-76(97-80(85)65-59-53-47-41-35-31-28-25-24-26-29-33-37-43-49-55-61-73(3)4)71-95-99(87,88)93-67-75(82)68-94-100(89,90)96-72-77(70-91-78(83)63-57-51-45-39-32-18-16-14-12-10-8-2)98-81(86)66-60-54-48-42-36-38-44-50-56-62-74(5)6/h73-77,82H,7-72H2,1-6H3,(H,87,88)(H,89,90)/t75-,76-,77-/m1/s1. The van der Waals surface area contributed by atoms with E-state index in [9.17, 15) is 43.2 Å². The Labute approximate surface area is 613 Å². The molecule has 0 aliphatic rings. The van der Waals surface area contributed by atoms with Gasteiger partial charge in [-0.25, -0.2) is 9.13 Å². The minimum atomic E-state index is -4.96. The van der Waals surface area contributed by atoms with Crippen molar-refractivity contribution in [1.29, 1.82) is 0 Å². The fraction of sp³-hybridized carbons (Fsp3) is 0.951. The zero-order valence-corrected chi connectivity index (χ0v) is 67.3. The molecule has 0 spiro atoms. The second kappa shape index (κ2) is 72.6. The number of carbonyl (C=O) groups excluding carboxylic acids is 4. The van der Waals surface area contributed by atoms with Crippen molar-refractivity contribution in [2.24, 2.45) is 11.8 Å². The predicted molar refractivity (Wildman–Crippen MR) is 409 cm³/mol. The number of hydrogen-bond donors (Lipinski definition) is 3. The third kappa shape index (κ3) is 74.3. The average molecular weight is 1470 g/mol. The zero-order chi connectivity index (χ0) is 73.5. The van der Waals surface area contributed by atoms with Crippen molar-refractivity contribution in [3.05, 3.63) is 0 Å². The van der Waals surface area contributed by atoms with Crippen LogP contribution in [-0.4, -0.2) is 96.7 Å². The van der Waals surface area contributed by atoms with Gasteiger partial charge in [0.25, 0.3) is 0 Å². The highest BCUT2D eigenvalue weighted by atomic mass is 31.2. The molecule has 0 aliphatic carbocycles. The van der Waals surface area contributed by atoms with Gasteiger partial charge in [0.15, 0.2) is 12.2 Å². The molecule has 0 amide bonds. The number of unbranched alkanes of at least 4 members (excludes halogenated alkanes) is 50. The molecule has 0 aliphatic heterocycles. The van der Waals surface area contributed by atoms with E-state index in [1.807, 2.05) is 0 Å². The van der Waals surface area contributed by atoms with Gasteiger partial charge < -0.3 is 33.8 Å². The van der Waals surface area contributed by atoms with Crippen molar-refractivity contribution in [3.8, 4) is 0 Å². The molecule has 0 saturated carbocycles. The topological polar surface area (TPSA) is 237 Å². The van der Waals surface area contributed by atoms with Crippen molar-refractivity contribution in [2.45, 2.75) is 445 Å². The molecular weight excluding hydrogens is 1310 g/mol. The van der Waals surface area contributed by atoms with Crippen LogP contribution in [0.1, 0.15) is 427 Å². The highest BCUT2D eigenvalue weighted by Gasteiger charge is 2.30. The molecule has 5 atom stereocenters. The van der Waals surface area contributed by atoms with Crippen LogP contribution in [0.4, 0.5) is 0 Å². The van der Waals surface area contributed by atoms with Crippen LogP contribution in [-0.2, 0) is 65.4 Å². The number of aliphatic hydroxyl groups excluding tert-OH is 1. The van der Waals surface area contributed by atoms with Gasteiger partial charge in [-0.05, 0) is 37.5 Å². The maximum atomic E-state index is 13.1. The SMILES string of the molecule is CCCCCCCCCCCCCCCCCCCCC(=O)OC[C@H](COP(=O)(O)OC[C@@H](O)COP(=O)(O)OC[C@@H](COC(=O)CCCCCCCCCCCCC)OC(=O)CCCCCCCCCCCC(C)C)OC(=O)CCCCCCCCCCCCCCCCCCC(C)C. The maximum Gasteiger partial charge on any atom is 0.472 e. The molecule has 0 rings (SSSR count). The Bertz CT molecular complexity index is 1920. The molecule has 3 N–H and O–H groups in total. The van der Waals surface area contributed by atoms with Gasteiger partial charge in [0.05, 0.1) is 26.4 Å². The minimum absolute atomic E-state index is 0.106. The van der Waals surface area contributed by atoms with Crippen molar-refractivity contribution >= 4 is 39.5 Å². The summed E-state index contributed by atoms with van der Waals surface area (Å²) in [5.41, 5.74) is 0. The Morgan fingerprint density at radius 2 is 0.460 bits per heavy atom. The van der Waals surface area contributed by atoms with Crippen LogP contribution < -0.4 is 0 Å². The summed E-state index contributed by atoms with van der Waals surface area (Å²) in [4.78, 5) is 73.0. The van der Waals surface area contributed by atoms with Crippen LogP contribution >= 0.6 is 15.6 Å². The van der Waals surface area contributed by atoms with Crippen molar-refractivity contribution in [2.75, 3.05) is 39.6 Å². The van der Waals surface area contributed by atoms with Gasteiger partial charge in [0.2, 0.25) is 0 Å². The van der Waals surface area contributed by atoms with Gasteiger partial charge in [0, 0.05) is 25.7 Å². The summed E-state index contributed by atoms with van der Waals surface area (Å²) in [7, 11) is -9.92. The molecule has 0 aromatic heterocycles. The molecular formula is C81H158O17P2. The third-order valence-electron chi connectivity index (χ3n) is 19.0. The Balaban J connectivity index is 5.23. The molecule has 594 valence electrons. The first-order chi connectivity index (χ1) is 48.4. The van der Waals surface area contributed by atoms with Crippen molar-refractivity contribution in [3.63, 3.8) is 0 Å². The summed E-state index contributed by atoms with van der Waals surface area (Å²) in [6, 6.07) is 0. The number of carbonyl (C=O) groups is 4. The summed E-state index contributed by atoms with van der Waals surface area (Å²) in [6.45, 7) is 9.64. The van der Waals surface area contributed by atoms with E-state index in [1.54, 1.807) is 0 Å². The number of rotatable bonds is 80. The Hall–Kier alpha value is -1.94. The van der Waals surface area contributed by atoms with Gasteiger partial charge in [-0.2, -0.15) is 0 Å². The molecule has 0 aromatic carbocycles. The van der Waals surface area contributed by atoms with E-state index in [-0.39, 0.29) is 25.7 Å².